The van der Waals surface area contributed by atoms with E-state index in [1.54, 1.807) is 0 Å². The first-order valence-corrected chi connectivity index (χ1v) is 3.88. The summed E-state index contributed by atoms with van der Waals surface area (Å²) in [4.78, 5) is 2.22. The van der Waals surface area contributed by atoms with Gasteiger partial charge in [0.15, 0.2) is 0 Å². The predicted octanol–water partition coefficient (Wildman–Crippen LogP) is 1.61. The molecular formula is C9H13ClN2. The molecule has 0 saturated heterocycles. The van der Waals surface area contributed by atoms with Crippen LogP contribution in [0, 0.1) is 0 Å². The third-order valence-corrected chi connectivity index (χ3v) is 2.07. The lowest BCUT2D eigenvalue weighted by Gasteiger charge is -2.27. The standard InChI is InChI=1S/C9H12N2.ClH/c1-11-7-10-6-8-4-2-3-5-9(8)11;/h2-5,10H,6-7H2,1H3;1H. The number of hydrogen-bond acceptors (Lipinski definition) is 2. The van der Waals surface area contributed by atoms with Crippen LogP contribution in [0.3, 0.4) is 0 Å². The SMILES string of the molecule is CN1CNCc2ccccc21.Cl. The molecule has 0 bridgehead atoms. The van der Waals surface area contributed by atoms with E-state index in [1.165, 1.54) is 11.3 Å². The normalized spacial score (nSPS) is 14.9. The zero-order valence-corrected chi connectivity index (χ0v) is 7.90. The van der Waals surface area contributed by atoms with Gasteiger partial charge in [-0.1, -0.05) is 18.2 Å². The largest absolute Gasteiger partial charge is 0.362 e. The Kier molecular flexibility index (Phi) is 2.95. The summed E-state index contributed by atoms with van der Waals surface area (Å²) in [5.74, 6) is 0. The number of fused-ring (bicyclic) bond motifs is 1. The molecule has 12 heavy (non-hydrogen) atoms. The average Bonchev–Trinajstić information content (AvgIpc) is 2.06. The number of anilines is 1. The van der Waals surface area contributed by atoms with Crippen LogP contribution in [0.25, 0.3) is 0 Å². The van der Waals surface area contributed by atoms with Crippen LogP contribution in [-0.2, 0) is 6.54 Å². The van der Waals surface area contributed by atoms with Gasteiger partial charge >= 0.3 is 0 Å². The second-order valence-corrected chi connectivity index (χ2v) is 2.91. The third-order valence-electron chi connectivity index (χ3n) is 2.07. The van der Waals surface area contributed by atoms with Crippen molar-refractivity contribution in [2.45, 2.75) is 6.54 Å². The summed E-state index contributed by atoms with van der Waals surface area (Å²) in [7, 11) is 2.10. The maximum Gasteiger partial charge on any atom is 0.0681 e. The minimum Gasteiger partial charge on any atom is -0.362 e. The zero-order chi connectivity index (χ0) is 7.68. The number of nitrogens with one attached hydrogen (secondary N) is 1. The van der Waals surface area contributed by atoms with Crippen LogP contribution in [0.1, 0.15) is 5.56 Å². The maximum absolute atomic E-state index is 3.32. The van der Waals surface area contributed by atoms with Crippen LogP contribution < -0.4 is 10.2 Å². The molecule has 1 aliphatic rings. The highest BCUT2D eigenvalue weighted by molar-refractivity contribution is 5.85. The Balaban J connectivity index is 0.000000720. The van der Waals surface area contributed by atoms with Crippen molar-refractivity contribution in [1.82, 2.24) is 5.32 Å². The van der Waals surface area contributed by atoms with Gasteiger partial charge in [0.05, 0.1) is 6.67 Å². The first-order valence-electron chi connectivity index (χ1n) is 3.88. The van der Waals surface area contributed by atoms with E-state index < -0.39 is 0 Å². The summed E-state index contributed by atoms with van der Waals surface area (Å²) in [6.45, 7) is 1.96. The van der Waals surface area contributed by atoms with Gasteiger partial charge in [0.25, 0.3) is 0 Å². The number of para-hydroxylation sites is 1. The van der Waals surface area contributed by atoms with Gasteiger partial charge in [0, 0.05) is 19.3 Å². The lowest BCUT2D eigenvalue weighted by Crippen LogP contribution is -2.35. The molecular weight excluding hydrogens is 172 g/mol. The minimum atomic E-state index is 0. The second kappa shape index (κ2) is 3.78. The predicted molar refractivity (Wildman–Crippen MR) is 53.8 cm³/mol. The van der Waals surface area contributed by atoms with Crippen molar-refractivity contribution < 1.29 is 0 Å². The molecule has 1 aromatic carbocycles. The highest BCUT2D eigenvalue weighted by Crippen LogP contribution is 2.20. The van der Waals surface area contributed by atoms with Crippen LogP contribution in [-0.4, -0.2) is 13.7 Å². The van der Waals surface area contributed by atoms with Gasteiger partial charge in [-0.15, -0.1) is 12.4 Å². The maximum atomic E-state index is 3.32. The molecule has 0 fully saturated rings. The van der Waals surface area contributed by atoms with Gasteiger partial charge in [-0.05, 0) is 11.6 Å². The van der Waals surface area contributed by atoms with Crippen molar-refractivity contribution in [2.75, 3.05) is 18.6 Å². The first kappa shape index (κ1) is 9.36. The summed E-state index contributed by atoms with van der Waals surface area (Å²) in [5.41, 5.74) is 2.74. The van der Waals surface area contributed by atoms with Gasteiger partial charge in [0.2, 0.25) is 0 Å². The molecule has 2 rings (SSSR count). The quantitative estimate of drug-likeness (QED) is 0.659. The van der Waals surface area contributed by atoms with Crippen molar-refractivity contribution in [3.63, 3.8) is 0 Å². The summed E-state index contributed by atoms with van der Waals surface area (Å²) in [6.07, 6.45) is 0. The molecule has 2 nitrogen and oxygen atoms in total. The molecule has 1 aromatic rings. The Morgan fingerprint density at radius 3 is 2.83 bits per heavy atom. The number of rotatable bonds is 0. The fourth-order valence-corrected chi connectivity index (χ4v) is 1.48. The number of nitrogens with zero attached hydrogens (tertiary/aromatic N) is 1. The fraction of sp³-hybridized carbons (Fsp3) is 0.333. The summed E-state index contributed by atoms with van der Waals surface area (Å²) < 4.78 is 0. The lowest BCUT2D eigenvalue weighted by atomic mass is 10.1. The molecule has 0 radical (unpaired) electrons. The van der Waals surface area contributed by atoms with Crippen LogP contribution in [0.4, 0.5) is 5.69 Å². The van der Waals surface area contributed by atoms with Crippen molar-refractivity contribution in [3.05, 3.63) is 29.8 Å². The summed E-state index contributed by atoms with van der Waals surface area (Å²) in [5, 5.41) is 3.32. The average molecular weight is 185 g/mol. The van der Waals surface area contributed by atoms with E-state index >= 15 is 0 Å². The lowest BCUT2D eigenvalue weighted by molar-refractivity contribution is 0.646. The van der Waals surface area contributed by atoms with Crippen molar-refractivity contribution >= 4 is 18.1 Å². The fourth-order valence-electron chi connectivity index (χ4n) is 1.48. The molecule has 0 unspecified atom stereocenters. The van der Waals surface area contributed by atoms with Gasteiger partial charge < -0.3 is 4.90 Å². The third kappa shape index (κ3) is 1.54. The van der Waals surface area contributed by atoms with E-state index in [4.69, 9.17) is 0 Å². The zero-order valence-electron chi connectivity index (χ0n) is 7.08. The first-order chi connectivity index (χ1) is 5.38. The van der Waals surface area contributed by atoms with Gasteiger partial charge in [-0.2, -0.15) is 0 Å². The molecule has 66 valence electrons. The Morgan fingerprint density at radius 1 is 1.33 bits per heavy atom. The van der Waals surface area contributed by atoms with E-state index in [2.05, 4.69) is 41.5 Å². The Hall–Kier alpha value is -0.730. The van der Waals surface area contributed by atoms with E-state index in [0.29, 0.717) is 0 Å². The topological polar surface area (TPSA) is 15.3 Å². The number of halogens is 1. The highest BCUT2D eigenvalue weighted by atomic mass is 35.5. The molecule has 1 N–H and O–H groups in total. The highest BCUT2D eigenvalue weighted by Gasteiger charge is 2.10. The summed E-state index contributed by atoms with van der Waals surface area (Å²) >= 11 is 0. The van der Waals surface area contributed by atoms with Crippen molar-refractivity contribution in [1.29, 1.82) is 0 Å². The molecule has 1 aliphatic heterocycles. The van der Waals surface area contributed by atoms with E-state index in [1.807, 2.05) is 0 Å². The van der Waals surface area contributed by atoms with E-state index in [0.717, 1.165) is 13.2 Å². The van der Waals surface area contributed by atoms with Crippen LogP contribution in [0.15, 0.2) is 24.3 Å². The number of benzene rings is 1. The number of hydrogen-bond donors (Lipinski definition) is 1. The van der Waals surface area contributed by atoms with Crippen molar-refractivity contribution in [2.24, 2.45) is 0 Å². The second-order valence-electron chi connectivity index (χ2n) is 2.91. The molecule has 0 amide bonds. The van der Waals surface area contributed by atoms with Crippen LogP contribution in [0.5, 0.6) is 0 Å². The van der Waals surface area contributed by atoms with Gasteiger partial charge in [0.1, 0.15) is 0 Å². The van der Waals surface area contributed by atoms with Crippen LogP contribution in [0.2, 0.25) is 0 Å². The summed E-state index contributed by atoms with van der Waals surface area (Å²) in [6, 6.07) is 8.49. The molecule has 0 saturated carbocycles. The van der Waals surface area contributed by atoms with Crippen LogP contribution >= 0.6 is 12.4 Å². The minimum absolute atomic E-state index is 0. The van der Waals surface area contributed by atoms with E-state index in [9.17, 15) is 0 Å². The smallest absolute Gasteiger partial charge is 0.0681 e. The Morgan fingerprint density at radius 2 is 2.08 bits per heavy atom. The van der Waals surface area contributed by atoms with Gasteiger partial charge in [-0.3, -0.25) is 5.32 Å². The van der Waals surface area contributed by atoms with Crippen molar-refractivity contribution in [3.8, 4) is 0 Å². The molecule has 0 aromatic heterocycles. The molecule has 3 heteroatoms. The van der Waals surface area contributed by atoms with E-state index in [-0.39, 0.29) is 12.4 Å². The molecule has 0 aliphatic carbocycles. The monoisotopic (exact) mass is 184 g/mol. The molecule has 0 spiro atoms. The molecule has 1 heterocycles. The van der Waals surface area contributed by atoms with Gasteiger partial charge in [-0.25, -0.2) is 0 Å². The Bertz CT molecular complexity index is 262. The Labute approximate surface area is 79.0 Å². The molecule has 0 atom stereocenters.